The number of hydrogen-bond donors (Lipinski definition) is 2. The average molecular weight is 242 g/mol. The van der Waals surface area contributed by atoms with Crippen molar-refractivity contribution in [1.29, 1.82) is 0 Å². The molecule has 4 N–H and O–H groups in total. The van der Waals surface area contributed by atoms with Crippen LogP contribution in [-0.4, -0.2) is 15.7 Å². The van der Waals surface area contributed by atoms with E-state index in [1.54, 1.807) is 16.8 Å². The van der Waals surface area contributed by atoms with Gasteiger partial charge in [0.1, 0.15) is 0 Å². The van der Waals surface area contributed by atoms with Gasteiger partial charge in [-0.05, 0) is 37.1 Å². The Morgan fingerprint density at radius 3 is 2.78 bits per heavy atom. The predicted octanol–water partition coefficient (Wildman–Crippen LogP) is 1.43. The number of anilines is 1. The molecule has 0 saturated heterocycles. The Hall–Kier alpha value is -2.30. The molecule has 3 rings (SSSR count). The second kappa shape index (κ2) is 3.87. The van der Waals surface area contributed by atoms with Gasteiger partial charge in [-0.25, -0.2) is 4.68 Å². The second-order valence-corrected chi connectivity index (χ2v) is 4.60. The fourth-order valence-electron chi connectivity index (χ4n) is 1.98. The van der Waals surface area contributed by atoms with Crippen molar-refractivity contribution in [3.8, 4) is 5.69 Å². The van der Waals surface area contributed by atoms with Crippen LogP contribution in [0.3, 0.4) is 0 Å². The van der Waals surface area contributed by atoms with Crippen LogP contribution < -0.4 is 11.5 Å². The highest BCUT2D eigenvalue weighted by molar-refractivity contribution is 5.98. The van der Waals surface area contributed by atoms with Gasteiger partial charge in [0.15, 0.2) is 0 Å². The van der Waals surface area contributed by atoms with E-state index < -0.39 is 5.91 Å². The third-order valence-corrected chi connectivity index (χ3v) is 3.17. The van der Waals surface area contributed by atoms with E-state index in [0.717, 1.165) is 11.4 Å². The van der Waals surface area contributed by atoms with E-state index in [2.05, 4.69) is 5.10 Å². The Balaban J connectivity index is 1.99. The number of hydrogen-bond acceptors (Lipinski definition) is 3. The van der Waals surface area contributed by atoms with Gasteiger partial charge in [-0.15, -0.1) is 0 Å². The molecule has 5 nitrogen and oxygen atoms in total. The molecule has 2 aromatic rings. The standard InChI is InChI=1S/C13H14N4O/c14-11-4-3-9(7-10(11)13(15)18)17-6-5-12(16-17)8-1-2-8/h3-8H,1-2,14H2,(H2,15,18). The van der Waals surface area contributed by atoms with Gasteiger partial charge in [-0.3, -0.25) is 4.79 Å². The molecule has 1 aliphatic carbocycles. The van der Waals surface area contributed by atoms with Crippen LogP contribution in [0.15, 0.2) is 30.5 Å². The third-order valence-electron chi connectivity index (χ3n) is 3.17. The van der Waals surface area contributed by atoms with Crippen molar-refractivity contribution in [1.82, 2.24) is 9.78 Å². The summed E-state index contributed by atoms with van der Waals surface area (Å²) >= 11 is 0. The molecule has 0 aliphatic heterocycles. The summed E-state index contributed by atoms with van der Waals surface area (Å²) in [5.74, 6) is 0.0829. The van der Waals surface area contributed by atoms with Crippen molar-refractivity contribution in [3.63, 3.8) is 0 Å². The number of nitrogen functional groups attached to an aromatic ring is 1. The molecular formula is C13H14N4O. The first-order valence-electron chi connectivity index (χ1n) is 5.90. The maximum atomic E-state index is 11.2. The number of rotatable bonds is 3. The molecule has 92 valence electrons. The van der Waals surface area contributed by atoms with Gasteiger partial charge in [0.2, 0.25) is 0 Å². The molecule has 5 heteroatoms. The molecule has 0 unspecified atom stereocenters. The lowest BCUT2D eigenvalue weighted by molar-refractivity contribution is 0.100. The van der Waals surface area contributed by atoms with Crippen LogP contribution >= 0.6 is 0 Å². The van der Waals surface area contributed by atoms with Crippen LogP contribution in [0.5, 0.6) is 0 Å². The van der Waals surface area contributed by atoms with Gasteiger partial charge in [-0.1, -0.05) is 0 Å². The minimum Gasteiger partial charge on any atom is -0.398 e. The maximum absolute atomic E-state index is 11.2. The van der Waals surface area contributed by atoms with E-state index >= 15 is 0 Å². The van der Waals surface area contributed by atoms with E-state index in [9.17, 15) is 4.79 Å². The first kappa shape index (κ1) is 10.8. The zero-order valence-electron chi connectivity index (χ0n) is 9.84. The molecule has 1 saturated carbocycles. The van der Waals surface area contributed by atoms with E-state index in [-0.39, 0.29) is 0 Å². The van der Waals surface area contributed by atoms with Crippen molar-refractivity contribution in [2.45, 2.75) is 18.8 Å². The number of carbonyl (C=O) groups excluding carboxylic acids is 1. The quantitative estimate of drug-likeness (QED) is 0.798. The summed E-state index contributed by atoms with van der Waals surface area (Å²) in [6.45, 7) is 0. The van der Waals surface area contributed by atoms with Crippen LogP contribution in [-0.2, 0) is 0 Å². The predicted molar refractivity (Wildman–Crippen MR) is 68.5 cm³/mol. The molecule has 1 fully saturated rings. The lowest BCUT2D eigenvalue weighted by Crippen LogP contribution is -2.14. The van der Waals surface area contributed by atoms with Crippen molar-refractivity contribution >= 4 is 11.6 Å². The number of carbonyl (C=O) groups is 1. The van der Waals surface area contributed by atoms with Gasteiger partial charge in [0.05, 0.1) is 16.9 Å². The fourth-order valence-corrected chi connectivity index (χ4v) is 1.98. The molecule has 1 aromatic heterocycles. The van der Waals surface area contributed by atoms with Crippen LogP contribution in [0.1, 0.15) is 34.8 Å². The highest BCUT2D eigenvalue weighted by Gasteiger charge is 2.25. The lowest BCUT2D eigenvalue weighted by Gasteiger charge is -2.06. The summed E-state index contributed by atoms with van der Waals surface area (Å²) in [6, 6.07) is 7.18. The lowest BCUT2D eigenvalue weighted by atomic mass is 10.1. The van der Waals surface area contributed by atoms with E-state index in [0.29, 0.717) is 17.2 Å². The van der Waals surface area contributed by atoms with Crippen LogP contribution in [0.25, 0.3) is 5.69 Å². The SMILES string of the molecule is NC(=O)c1cc(-n2ccc(C3CC3)n2)ccc1N. The molecule has 1 aromatic carbocycles. The van der Waals surface area contributed by atoms with Crippen LogP contribution in [0.2, 0.25) is 0 Å². The molecule has 1 aliphatic rings. The van der Waals surface area contributed by atoms with E-state index in [1.165, 1.54) is 12.8 Å². The average Bonchev–Trinajstić information content (AvgIpc) is 3.08. The Kier molecular flexibility index (Phi) is 2.33. The molecular weight excluding hydrogens is 228 g/mol. The largest absolute Gasteiger partial charge is 0.398 e. The van der Waals surface area contributed by atoms with Gasteiger partial charge in [0, 0.05) is 17.8 Å². The molecule has 0 bridgehead atoms. The molecule has 0 atom stereocenters. The Bertz CT molecular complexity index is 613. The van der Waals surface area contributed by atoms with E-state index in [1.807, 2.05) is 18.3 Å². The Morgan fingerprint density at radius 2 is 2.11 bits per heavy atom. The maximum Gasteiger partial charge on any atom is 0.250 e. The number of nitrogens with two attached hydrogens (primary N) is 2. The van der Waals surface area contributed by atoms with Gasteiger partial charge in [0.25, 0.3) is 5.91 Å². The number of aromatic nitrogens is 2. The highest BCUT2D eigenvalue weighted by Crippen LogP contribution is 2.39. The van der Waals surface area contributed by atoms with Crippen LogP contribution in [0.4, 0.5) is 5.69 Å². The summed E-state index contributed by atoms with van der Waals surface area (Å²) in [6.07, 6.45) is 4.32. The number of amides is 1. The van der Waals surface area contributed by atoms with Gasteiger partial charge < -0.3 is 11.5 Å². The number of nitrogens with zero attached hydrogens (tertiary/aromatic N) is 2. The summed E-state index contributed by atoms with van der Waals surface area (Å²) < 4.78 is 1.75. The number of benzene rings is 1. The summed E-state index contributed by atoms with van der Waals surface area (Å²) in [5, 5.41) is 4.50. The first-order valence-corrected chi connectivity index (χ1v) is 5.90. The fraction of sp³-hybridized carbons (Fsp3) is 0.231. The van der Waals surface area contributed by atoms with Gasteiger partial charge >= 0.3 is 0 Å². The number of primary amides is 1. The Labute approximate surface area is 104 Å². The van der Waals surface area contributed by atoms with E-state index in [4.69, 9.17) is 11.5 Å². The van der Waals surface area contributed by atoms with Crippen molar-refractivity contribution < 1.29 is 4.79 Å². The third kappa shape index (κ3) is 1.84. The zero-order valence-corrected chi connectivity index (χ0v) is 9.84. The molecule has 18 heavy (non-hydrogen) atoms. The van der Waals surface area contributed by atoms with Crippen molar-refractivity contribution in [2.75, 3.05) is 5.73 Å². The van der Waals surface area contributed by atoms with Crippen molar-refractivity contribution in [3.05, 3.63) is 41.7 Å². The Morgan fingerprint density at radius 1 is 1.33 bits per heavy atom. The summed E-state index contributed by atoms with van der Waals surface area (Å²) in [5.41, 5.74) is 13.6. The second-order valence-electron chi connectivity index (χ2n) is 4.60. The normalized spacial score (nSPS) is 14.7. The van der Waals surface area contributed by atoms with Crippen molar-refractivity contribution in [2.24, 2.45) is 5.73 Å². The molecule has 0 spiro atoms. The summed E-state index contributed by atoms with van der Waals surface area (Å²) in [7, 11) is 0. The molecule has 0 radical (unpaired) electrons. The minimum absolute atomic E-state index is 0.330. The minimum atomic E-state index is -0.524. The smallest absolute Gasteiger partial charge is 0.250 e. The summed E-state index contributed by atoms with van der Waals surface area (Å²) in [4.78, 5) is 11.2. The zero-order chi connectivity index (χ0) is 12.7. The highest BCUT2D eigenvalue weighted by atomic mass is 16.1. The molecule has 1 heterocycles. The monoisotopic (exact) mass is 242 g/mol. The van der Waals surface area contributed by atoms with Gasteiger partial charge in [-0.2, -0.15) is 5.10 Å². The first-order chi connectivity index (χ1) is 8.65. The topological polar surface area (TPSA) is 86.9 Å². The van der Waals surface area contributed by atoms with Crippen LogP contribution in [0, 0.1) is 0 Å². The molecule has 1 amide bonds.